The minimum Gasteiger partial charge on any atom is -0.296 e. The van der Waals surface area contributed by atoms with Gasteiger partial charge in [-0.25, -0.2) is 8.42 Å². The fourth-order valence-electron chi connectivity index (χ4n) is 2.09. The van der Waals surface area contributed by atoms with Gasteiger partial charge in [-0.15, -0.1) is 0 Å². The van der Waals surface area contributed by atoms with Crippen molar-refractivity contribution >= 4 is 20.9 Å². The predicted octanol–water partition coefficient (Wildman–Crippen LogP) is 3.64. The van der Waals surface area contributed by atoms with E-state index in [9.17, 15) is 8.42 Å². The van der Waals surface area contributed by atoms with Crippen LogP contribution in [0.25, 0.3) is 0 Å². The van der Waals surface area contributed by atoms with Gasteiger partial charge in [0.05, 0.1) is 42.8 Å². The standard InChI is InChI=1S/C18H27NO5S2/c1-6-8-9-17(7-2)19-26(20,21)18-12-10-16(11-13-18)14-15-25(22-3,23-4)24-5/h6-13,19H,2,14-15H2,1,3-5H3/b8-6-,17-9+. The van der Waals surface area contributed by atoms with Crippen LogP contribution in [0.5, 0.6) is 0 Å². The number of aryl methyl sites for hydroxylation is 1. The molecule has 0 saturated carbocycles. The predicted molar refractivity (Wildman–Crippen MR) is 107 cm³/mol. The van der Waals surface area contributed by atoms with Gasteiger partial charge in [-0.1, -0.05) is 30.9 Å². The molecule has 0 aliphatic rings. The Morgan fingerprint density at radius 1 is 1.12 bits per heavy atom. The van der Waals surface area contributed by atoms with Crippen LogP contribution in [0.15, 0.2) is 65.7 Å². The number of rotatable bonds is 11. The minimum atomic E-state index is -3.67. The Bertz CT molecular complexity index is 727. The van der Waals surface area contributed by atoms with Gasteiger partial charge in [0.15, 0.2) is 0 Å². The molecule has 8 heteroatoms. The Kier molecular flexibility index (Phi) is 9.11. The van der Waals surface area contributed by atoms with Crippen LogP contribution in [0.1, 0.15) is 12.5 Å². The molecule has 0 aromatic heterocycles. The molecular formula is C18H27NO5S2. The van der Waals surface area contributed by atoms with Crippen molar-refractivity contribution < 1.29 is 21.0 Å². The van der Waals surface area contributed by atoms with Crippen LogP contribution in [-0.2, 0) is 29.0 Å². The van der Waals surface area contributed by atoms with Crippen molar-refractivity contribution in [3.05, 3.63) is 66.4 Å². The van der Waals surface area contributed by atoms with E-state index in [4.69, 9.17) is 12.5 Å². The molecule has 0 aliphatic carbocycles. The third-order valence-electron chi connectivity index (χ3n) is 3.58. The second-order valence-electron chi connectivity index (χ2n) is 5.11. The molecule has 1 aromatic carbocycles. The van der Waals surface area contributed by atoms with Gasteiger partial charge in [-0.3, -0.25) is 17.3 Å². The molecule has 1 aromatic rings. The van der Waals surface area contributed by atoms with E-state index in [1.54, 1.807) is 63.8 Å². The highest BCUT2D eigenvalue weighted by Crippen LogP contribution is 2.49. The van der Waals surface area contributed by atoms with Gasteiger partial charge in [-0.2, -0.15) is 0 Å². The molecular weight excluding hydrogens is 374 g/mol. The van der Waals surface area contributed by atoms with Crippen molar-refractivity contribution in [2.45, 2.75) is 18.2 Å². The normalized spacial score (nSPS) is 13.8. The molecule has 0 aliphatic heterocycles. The number of hydrogen-bond acceptors (Lipinski definition) is 5. The van der Waals surface area contributed by atoms with Crippen molar-refractivity contribution in [1.82, 2.24) is 4.72 Å². The van der Waals surface area contributed by atoms with Gasteiger partial charge >= 0.3 is 0 Å². The summed E-state index contributed by atoms with van der Waals surface area (Å²) < 4.78 is 43.4. The zero-order valence-corrected chi connectivity index (χ0v) is 17.2. The number of allylic oxidation sites excluding steroid dienone is 4. The fourth-order valence-corrected chi connectivity index (χ4v) is 4.56. The SMILES string of the molecule is C=C/C(=C\C=C/C)NS(=O)(=O)c1ccc(CCS(OC)(OC)OC)cc1. The van der Waals surface area contributed by atoms with E-state index in [0.29, 0.717) is 17.9 Å². The summed E-state index contributed by atoms with van der Waals surface area (Å²) in [6, 6.07) is 6.67. The summed E-state index contributed by atoms with van der Waals surface area (Å²) in [5.41, 5.74) is 1.36. The Morgan fingerprint density at radius 2 is 1.69 bits per heavy atom. The highest BCUT2D eigenvalue weighted by atomic mass is 32.3. The van der Waals surface area contributed by atoms with Gasteiger partial charge in [0, 0.05) is 5.70 Å². The fraction of sp³-hybridized carbons (Fsp3) is 0.333. The van der Waals surface area contributed by atoms with Crippen LogP contribution in [0.2, 0.25) is 0 Å². The lowest BCUT2D eigenvalue weighted by atomic mass is 10.2. The monoisotopic (exact) mass is 401 g/mol. The van der Waals surface area contributed by atoms with Crippen LogP contribution in [0.3, 0.4) is 0 Å². The summed E-state index contributed by atoms with van der Waals surface area (Å²) in [6.45, 7) is 5.46. The van der Waals surface area contributed by atoms with Crippen LogP contribution >= 0.6 is 10.9 Å². The first kappa shape index (κ1) is 22.5. The third kappa shape index (κ3) is 6.30. The van der Waals surface area contributed by atoms with Crippen LogP contribution in [0.4, 0.5) is 0 Å². The van der Waals surface area contributed by atoms with E-state index in [-0.39, 0.29) is 4.90 Å². The number of hydrogen-bond donors (Lipinski definition) is 1. The smallest absolute Gasteiger partial charge is 0.261 e. The van der Waals surface area contributed by atoms with E-state index in [1.165, 1.54) is 6.08 Å². The van der Waals surface area contributed by atoms with Gasteiger partial charge < -0.3 is 0 Å². The zero-order chi connectivity index (χ0) is 19.6. The number of nitrogens with one attached hydrogen (secondary N) is 1. The topological polar surface area (TPSA) is 73.9 Å². The van der Waals surface area contributed by atoms with E-state index in [1.807, 2.05) is 6.92 Å². The maximum Gasteiger partial charge on any atom is 0.261 e. The number of benzene rings is 1. The lowest BCUT2D eigenvalue weighted by Gasteiger charge is -2.33. The molecule has 0 amide bonds. The Hall–Kier alpha value is -1.58. The summed E-state index contributed by atoms with van der Waals surface area (Å²) >= 11 is 0. The first-order valence-corrected chi connectivity index (χ1v) is 11.0. The van der Waals surface area contributed by atoms with Crippen molar-refractivity contribution in [3.8, 4) is 0 Å². The maximum absolute atomic E-state index is 12.5. The first-order chi connectivity index (χ1) is 12.4. The lowest BCUT2D eigenvalue weighted by molar-refractivity contribution is 0.248. The van der Waals surface area contributed by atoms with Crippen LogP contribution in [0, 0.1) is 0 Å². The molecule has 0 radical (unpaired) electrons. The molecule has 0 unspecified atom stereocenters. The highest BCUT2D eigenvalue weighted by molar-refractivity contribution is 8.21. The maximum atomic E-state index is 12.5. The van der Waals surface area contributed by atoms with Crippen molar-refractivity contribution in [3.63, 3.8) is 0 Å². The summed E-state index contributed by atoms with van der Waals surface area (Å²) in [5.74, 6) is 0.549. The van der Waals surface area contributed by atoms with E-state index in [0.717, 1.165) is 5.56 Å². The second kappa shape index (κ2) is 10.5. The average molecular weight is 402 g/mol. The summed E-state index contributed by atoms with van der Waals surface area (Å²) in [4.78, 5) is 0.179. The molecule has 1 N–H and O–H groups in total. The Morgan fingerprint density at radius 3 is 2.15 bits per heavy atom. The molecule has 0 heterocycles. The average Bonchev–Trinajstić information content (AvgIpc) is 2.67. The number of sulfonamides is 1. The van der Waals surface area contributed by atoms with Crippen molar-refractivity contribution in [1.29, 1.82) is 0 Å². The summed E-state index contributed by atoms with van der Waals surface area (Å²) in [7, 11) is -1.07. The summed E-state index contributed by atoms with van der Waals surface area (Å²) in [6.07, 6.45) is 7.26. The Labute approximate surface area is 158 Å². The minimum absolute atomic E-state index is 0.179. The quantitative estimate of drug-likeness (QED) is 0.573. The summed E-state index contributed by atoms with van der Waals surface area (Å²) in [5, 5.41) is 0. The van der Waals surface area contributed by atoms with Gasteiger partial charge in [0.2, 0.25) is 0 Å². The van der Waals surface area contributed by atoms with E-state index in [2.05, 4.69) is 11.3 Å². The molecule has 6 nitrogen and oxygen atoms in total. The molecule has 146 valence electrons. The van der Waals surface area contributed by atoms with Gasteiger partial charge in [0.1, 0.15) is 0 Å². The second-order valence-corrected chi connectivity index (χ2v) is 9.32. The first-order valence-electron chi connectivity index (χ1n) is 7.91. The molecule has 0 bridgehead atoms. The van der Waals surface area contributed by atoms with Crippen molar-refractivity contribution in [2.75, 3.05) is 27.1 Å². The molecule has 1 rings (SSSR count). The molecule has 0 spiro atoms. The highest BCUT2D eigenvalue weighted by Gasteiger charge is 2.22. The molecule has 0 fully saturated rings. The van der Waals surface area contributed by atoms with E-state index < -0.39 is 20.9 Å². The van der Waals surface area contributed by atoms with E-state index >= 15 is 0 Å². The molecule has 0 saturated heterocycles. The Balaban J connectivity index is 2.87. The largest absolute Gasteiger partial charge is 0.296 e. The molecule has 26 heavy (non-hydrogen) atoms. The third-order valence-corrected chi connectivity index (χ3v) is 7.20. The van der Waals surface area contributed by atoms with Gasteiger partial charge in [-0.05, 0) is 43.2 Å². The molecule has 0 atom stereocenters. The van der Waals surface area contributed by atoms with Crippen molar-refractivity contribution in [2.24, 2.45) is 0 Å². The lowest BCUT2D eigenvalue weighted by Crippen LogP contribution is -2.22. The van der Waals surface area contributed by atoms with Crippen LogP contribution in [-0.4, -0.2) is 35.5 Å². The van der Waals surface area contributed by atoms with Crippen LogP contribution < -0.4 is 4.72 Å². The zero-order valence-electron chi connectivity index (χ0n) is 15.6. The van der Waals surface area contributed by atoms with Gasteiger partial charge in [0.25, 0.3) is 10.0 Å².